The van der Waals surface area contributed by atoms with Crippen LogP contribution in [-0.2, 0) is 0 Å². The maximum absolute atomic E-state index is 11.5. The highest BCUT2D eigenvalue weighted by molar-refractivity contribution is 6.59. The van der Waals surface area contributed by atoms with Crippen LogP contribution in [0.2, 0.25) is 0 Å². The molecule has 1 aromatic carbocycles. The average Bonchev–Trinajstić information content (AvgIpc) is 2.43. The second-order valence-electron chi connectivity index (χ2n) is 3.17. The Hall–Kier alpha value is -1.89. The Morgan fingerprint density at radius 2 is 1.39 bits per heavy atom. The van der Waals surface area contributed by atoms with Crippen LogP contribution in [0.15, 0.2) is 47.0 Å². The van der Waals surface area contributed by atoms with Crippen LogP contribution < -0.4 is 0 Å². The highest BCUT2D eigenvalue weighted by Gasteiger charge is 2.29. The van der Waals surface area contributed by atoms with Crippen LogP contribution in [0.5, 0.6) is 0 Å². The number of allylic oxidation sites excluding steroid dienone is 3. The number of hydrogen-bond acceptors (Lipinski definition) is 3. The summed E-state index contributed by atoms with van der Waals surface area (Å²) >= 11 is 11.2. The van der Waals surface area contributed by atoms with Crippen molar-refractivity contribution in [3.05, 3.63) is 58.1 Å². The van der Waals surface area contributed by atoms with Crippen LogP contribution in [0.4, 0.5) is 0 Å². The van der Waals surface area contributed by atoms with E-state index in [0.717, 1.165) is 0 Å². The molecule has 1 aliphatic carbocycles. The Morgan fingerprint density at radius 1 is 1.06 bits per heavy atom. The SMILES string of the molecule is C=CC#N.O=C1C(Cl)=C(Cl)C(=O)c2ccccc21. The van der Waals surface area contributed by atoms with Gasteiger partial charge >= 0.3 is 0 Å². The first-order valence-corrected chi connectivity index (χ1v) is 5.54. The lowest BCUT2D eigenvalue weighted by molar-refractivity contribution is 0.0987. The largest absolute Gasteiger partial charge is 0.288 e. The molecule has 0 spiro atoms. The maximum Gasteiger partial charge on any atom is 0.206 e. The molecule has 0 fully saturated rings. The van der Waals surface area contributed by atoms with Gasteiger partial charge in [-0.2, -0.15) is 5.26 Å². The van der Waals surface area contributed by atoms with Crippen molar-refractivity contribution in [2.45, 2.75) is 0 Å². The van der Waals surface area contributed by atoms with Gasteiger partial charge < -0.3 is 0 Å². The average molecular weight is 280 g/mol. The molecule has 18 heavy (non-hydrogen) atoms. The van der Waals surface area contributed by atoms with Crippen molar-refractivity contribution in [3.63, 3.8) is 0 Å². The Labute approximate surface area is 114 Å². The summed E-state index contributed by atoms with van der Waals surface area (Å²) in [5, 5.41) is 7.11. The quantitative estimate of drug-likeness (QED) is 0.684. The summed E-state index contributed by atoms with van der Waals surface area (Å²) in [6.45, 7) is 3.12. The molecule has 0 radical (unpaired) electrons. The van der Waals surface area contributed by atoms with Gasteiger partial charge in [0.05, 0.1) is 6.07 Å². The third-order valence-electron chi connectivity index (χ3n) is 2.10. The van der Waals surface area contributed by atoms with E-state index >= 15 is 0 Å². The van der Waals surface area contributed by atoms with E-state index < -0.39 is 11.6 Å². The third-order valence-corrected chi connectivity index (χ3v) is 2.92. The van der Waals surface area contributed by atoms with Gasteiger partial charge in [0.2, 0.25) is 11.6 Å². The number of benzene rings is 1. The number of nitriles is 1. The fourth-order valence-corrected chi connectivity index (χ4v) is 1.69. The lowest BCUT2D eigenvalue weighted by Crippen LogP contribution is -2.17. The molecule has 1 aliphatic rings. The van der Waals surface area contributed by atoms with Crippen LogP contribution in [0, 0.1) is 11.3 Å². The highest BCUT2D eigenvalue weighted by Crippen LogP contribution is 2.30. The number of hydrogen-bond donors (Lipinski definition) is 0. The lowest BCUT2D eigenvalue weighted by Gasteiger charge is -2.12. The number of rotatable bonds is 0. The fourth-order valence-electron chi connectivity index (χ4n) is 1.31. The van der Waals surface area contributed by atoms with Crippen molar-refractivity contribution in [2.24, 2.45) is 0 Å². The summed E-state index contributed by atoms with van der Waals surface area (Å²) in [6, 6.07) is 8.16. The number of carbonyl (C=O) groups excluding carboxylic acids is 2. The second kappa shape index (κ2) is 6.15. The first kappa shape index (κ1) is 14.2. The molecule has 0 unspecified atom stereocenters. The van der Waals surface area contributed by atoms with E-state index in [-0.39, 0.29) is 10.1 Å². The fraction of sp³-hybridized carbons (Fsp3) is 0. The minimum absolute atomic E-state index is 0.199. The second-order valence-corrected chi connectivity index (χ2v) is 3.92. The standard InChI is InChI=1S/C10H4Cl2O2.C3H3N/c11-7-8(12)10(14)6-4-2-1-3-5(6)9(7)13;1-2-3-4/h1-4H;2H,1H2. The van der Waals surface area contributed by atoms with E-state index in [1.54, 1.807) is 30.3 Å². The summed E-state index contributed by atoms with van der Waals surface area (Å²) in [5.41, 5.74) is 0.624. The van der Waals surface area contributed by atoms with Gasteiger partial charge in [-0.05, 0) is 0 Å². The van der Waals surface area contributed by atoms with Gasteiger partial charge in [-0.15, -0.1) is 0 Å². The maximum atomic E-state index is 11.5. The number of Topliss-reactive ketones (excluding diaryl/α,β-unsaturated/α-hetero) is 2. The normalized spacial score (nSPS) is 13.2. The molecule has 0 bridgehead atoms. The summed E-state index contributed by atoms with van der Waals surface area (Å²) in [5.74, 6) is -0.793. The summed E-state index contributed by atoms with van der Waals surface area (Å²) in [6.07, 6.45) is 1.18. The van der Waals surface area contributed by atoms with Gasteiger partial charge in [0.15, 0.2) is 0 Å². The van der Waals surface area contributed by atoms with Crippen molar-refractivity contribution in [1.29, 1.82) is 5.26 Å². The highest BCUT2D eigenvalue weighted by atomic mass is 35.5. The number of fused-ring (bicyclic) bond motifs is 1. The predicted molar refractivity (Wildman–Crippen MR) is 69.6 cm³/mol. The molecule has 0 saturated carbocycles. The van der Waals surface area contributed by atoms with Crippen LogP contribution in [0.25, 0.3) is 0 Å². The van der Waals surface area contributed by atoms with Gasteiger partial charge in [0.1, 0.15) is 10.1 Å². The van der Waals surface area contributed by atoms with E-state index in [2.05, 4.69) is 6.58 Å². The van der Waals surface area contributed by atoms with E-state index in [9.17, 15) is 9.59 Å². The first-order chi connectivity index (χ1) is 8.54. The molecule has 3 nitrogen and oxygen atoms in total. The minimum atomic E-state index is -0.396. The van der Waals surface area contributed by atoms with Crippen molar-refractivity contribution < 1.29 is 9.59 Å². The predicted octanol–water partition coefficient (Wildman–Crippen LogP) is 3.45. The third kappa shape index (κ3) is 2.67. The molecule has 0 amide bonds. The molecular formula is C13H7Cl2NO2. The molecule has 90 valence electrons. The molecule has 0 saturated heterocycles. The molecule has 0 heterocycles. The Balaban J connectivity index is 0.000000357. The zero-order chi connectivity index (χ0) is 13.7. The first-order valence-electron chi connectivity index (χ1n) is 4.78. The zero-order valence-corrected chi connectivity index (χ0v) is 10.6. The summed E-state index contributed by atoms with van der Waals surface area (Å²) < 4.78 is 0. The molecule has 1 aromatic rings. The minimum Gasteiger partial charge on any atom is -0.288 e. The van der Waals surface area contributed by atoms with Crippen molar-refractivity contribution >= 4 is 34.8 Å². The van der Waals surface area contributed by atoms with Gasteiger partial charge in [-0.25, -0.2) is 0 Å². The smallest absolute Gasteiger partial charge is 0.206 e. The molecule has 0 aliphatic heterocycles. The van der Waals surface area contributed by atoms with Crippen molar-refractivity contribution in [3.8, 4) is 6.07 Å². The molecule has 0 aromatic heterocycles. The number of carbonyl (C=O) groups is 2. The Kier molecular flexibility index (Phi) is 4.85. The van der Waals surface area contributed by atoms with Crippen molar-refractivity contribution in [1.82, 2.24) is 0 Å². The molecule has 5 heteroatoms. The van der Waals surface area contributed by atoms with Gasteiger partial charge in [0, 0.05) is 17.2 Å². The monoisotopic (exact) mass is 279 g/mol. The van der Waals surface area contributed by atoms with Crippen LogP contribution in [0.1, 0.15) is 20.7 Å². The van der Waals surface area contributed by atoms with Crippen LogP contribution in [-0.4, -0.2) is 11.6 Å². The van der Waals surface area contributed by atoms with Gasteiger partial charge in [-0.3, -0.25) is 9.59 Å². The zero-order valence-electron chi connectivity index (χ0n) is 9.11. The van der Waals surface area contributed by atoms with E-state index in [4.69, 9.17) is 28.5 Å². The molecule has 0 atom stereocenters. The van der Waals surface area contributed by atoms with Crippen LogP contribution in [0.3, 0.4) is 0 Å². The molecule has 2 rings (SSSR count). The number of halogens is 2. The Bertz CT molecular complexity index is 554. The lowest BCUT2D eigenvalue weighted by atomic mass is 9.95. The van der Waals surface area contributed by atoms with Gasteiger partial charge in [-0.1, -0.05) is 54.0 Å². The summed E-state index contributed by atoms with van der Waals surface area (Å²) in [4.78, 5) is 23.1. The van der Waals surface area contributed by atoms with Crippen molar-refractivity contribution in [2.75, 3.05) is 0 Å². The topological polar surface area (TPSA) is 57.9 Å². The van der Waals surface area contributed by atoms with E-state index in [1.807, 2.05) is 0 Å². The Morgan fingerprint density at radius 3 is 1.67 bits per heavy atom. The van der Waals surface area contributed by atoms with E-state index in [0.29, 0.717) is 11.1 Å². The molecular weight excluding hydrogens is 273 g/mol. The molecule has 0 N–H and O–H groups in total. The van der Waals surface area contributed by atoms with Crippen LogP contribution >= 0.6 is 23.2 Å². The van der Waals surface area contributed by atoms with Gasteiger partial charge in [0.25, 0.3) is 0 Å². The number of ketones is 2. The summed E-state index contributed by atoms with van der Waals surface area (Å²) in [7, 11) is 0. The van der Waals surface area contributed by atoms with E-state index in [1.165, 1.54) is 6.08 Å². The number of nitrogens with zero attached hydrogens (tertiary/aromatic N) is 1.